The Bertz CT molecular complexity index is 1210. The number of furan rings is 1. The number of anilines is 2. The molecule has 3 aromatic rings. The first kappa shape index (κ1) is 24.5. The van der Waals surface area contributed by atoms with Gasteiger partial charge in [0, 0.05) is 32.3 Å². The van der Waals surface area contributed by atoms with Crippen LogP contribution in [0.2, 0.25) is 0 Å². The number of pyridine rings is 1. The first-order valence-corrected chi connectivity index (χ1v) is 13.4. The second kappa shape index (κ2) is 10.9. The molecule has 0 amide bonds. The molecule has 3 aliphatic rings. The van der Waals surface area contributed by atoms with Gasteiger partial charge in [-0.3, -0.25) is 0 Å². The molecule has 6 heterocycles. The number of morpholine rings is 2. The van der Waals surface area contributed by atoms with Crippen molar-refractivity contribution in [1.82, 2.24) is 20.3 Å². The van der Waals surface area contributed by atoms with E-state index in [1.165, 1.54) is 0 Å². The van der Waals surface area contributed by atoms with Crippen LogP contribution in [0, 0.1) is 0 Å². The molecule has 0 spiro atoms. The second-order valence-corrected chi connectivity index (χ2v) is 10.2. The lowest BCUT2D eigenvalue weighted by Gasteiger charge is -2.37. The molecule has 2 atom stereocenters. The summed E-state index contributed by atoms with van der Waals surface area (Å²) < 4.78 is 23.0. The third-order valence-corrected chi connectivity index (χ3v) is 7.49. The molecule has 37 heavy (non-hydrogen) atoms. The molecule has 6 rings (SSSR count). The summed E-state index contributed by atoms with van der Waals surface area (Å²) in [7, 11) is 0. The molecule has 3 aliphatic heterocycles. The van der Waals surface area contributed by atoms with Crippen LogP contribution in [0.4, 0.5) is 11.8 Å². The van der Waals surface area contributed by atoms with Crippen molar-refractivity contribution >= 4 is 22.8 Å². The fourth-order valence-corrected chi connectivity index (χ4v) is 5.29. The van der Waals surface area contributed by atoms with Crippen LogP contribution >= 0.6 is 0 Å². The van der Waals surface area contributed by atoms with E-state index < -0.39 is 0 Å². The normalized spacial score (nSPS) is 23.6. The smallest absolute Gasteiger partial charge is 0.229 e. The molecule has 0 radical (unpaired) electrons. The van der Waals surface area contributed by atoms with E-state index in [0.29, 0.717) is 50.6 Å². The Kier molecular flexibility index (Phi) is 7.23. The zero-order valence-corrected chi connectivity index (χ0v) is 21.7. The molecular formula is C27H36N6O4. The van der Waals surface area contributed by atoms with Gasteiger partial charge in [-0.1, -0.05) is 0 Å². The van der Waals surface area contributed by atoms with Crippen molar-refractivity contribution in [2.75, 3.05) is 62.5 Å². The molecule has 3 saturated heterocycles. The summed E-state index contributed by atoms with van der Waals surface area (Å²) in [6, 6.07) is 8.98. The number of hydrogen-bond donors (Lipinski definition) is 1. The molecule has 0 bridgehead atoms. The minimum absolute atomic E-state index is 0.195. The van der Waals surface area contributed by atoms with Gasteiger partial charge in [0.05, 0.1) is 50.4 Å². The fraction of sp³-hybridized carbons (Fsp3) is 0.593. The Morgan fingerprint density at radius 1 is 0.838 bits per heavy atom. The molecule has 3 aromatic heterocycles. The SMILES string of the molecule is C[C@H]1COCCN1c1nc(N2CCOC[C@@H]2C)c2ccc(-c3ccc(CNC4CCOCC4)o3)nc2n1. The van der Waals surface area contributed by atoms with Crippen LogP contribution in [0.3, 0.4) is 0 Å². The van der Waals surface area contributed by atoms with E-state index in [1.807, 2.05) is 18.2 Å². The molecule has 198 valence electrons. The quantitative estimate of drug-likeness (QED) is 0.535. The zero-order valence-electron chi connectivity index (χ0n) is 21.7. The van der Waals surface area contributed by atoms with Crippen LogP contribution in [0.25, 0.3) is 22.5 Å². The summed E-state index contributed by atoms with van der Waals surface area (Å²) in [6.07, 6.45) is 2.07. The second-order valence-electron chi connectivity index (χ2n) is 10.2. The van der Waals surface area contributed by atoms with Gasteiger partial charge < -0.3 is 33.7 Å². The maximum atomic E-state index is 6.18. The average Bonchev–Trinajstić information content (AvgIpc) is 3.41. The summed E-state index contributed by atoms with van der Waals surface area (Å²) in [4.78, 5) is 19.5. The van der Waals surface area contributed by atoms with Gasteiger partial charge in [0.25, 0.3) is 0 Å². The van der Waals surface area contributed by atoms with E-state index in [2.05, 4.69) is 35.0 Å². The van der Waals surface area contributed by atoms with Gasteiger partial charge in [-0.05, 0) is 51.0 Å². The van der Waals surface area contributed by atoms with Gasteiger partial charge in [-0.25, -0.2) is 4.98 Å². The van der Waals surface area contributed by atoms with Crippen molar-refractivity contribution in [2.45, 2.75) is 51.4 Å². The Morgan fingerprint density at radius 3 is 2.35 bits per heavy atom. The molecule has 1 N–H and O–H groups in total. The largest absolute Gasteiger partial charge is 0.458 e. The van der Waals surface area contributed by atoms with E-state index in [4.69, 9.17) is 33.6 Å². The van der Waals surface area contributed by atoms with Gasteiger partial charge in [-0.2, -0.15) is 9.97 Å². The summed E-state index contributed by atoms with van der Waals surface area (Å²) in [5, 5.41) is 4.52. The zero-order chi connectivity index (χ0) is 25.2. The fourth-order valence-electron chi connectivity index (χ4n) is 5.29. The Hall–Kier alpha value is -2.79. The van der Waals surface area contributed by atoms with Gasteiger partial charge in [0.1, 0.15) is 17.3 Å². The van der Waals surface area contributed by atoms with E-state index in [1.54, 1.807) is 0 Å². The van der Waals surface area contributed by atoms with Crippen LogP contribution in [0.15, 0.2) is 28.7 Å². The highest BCUT2D eigenvalue weighted by molar-refractivity contribution is 5.89. The summed E-state index contributed by atoms with van der Waals surface area (Å²) in [6.45, 7) is 10.9. The van der Waals surface area contributed by atoms with E-state index in [-0.39, 0.29) is 12.1 Å². The highest BCUT2D eigenvalue weighted by atomic mass is 16.5. The Labute approximate surface area is 217 Å². The van der Waals surface area contributed by atoms with Gasteiger partial charge in [-0.15, -0.1) is 0 Å². The number of ether oxygens (including phenoxy) is 3. The number of nitrogens with zero attached hydrogens (tertiary/aromatic N) is 5. The minimum atomic E-state index is 0.195. The van der Waals surface area contributed by atoms with Crippen LogP contribution in [-0.4, -0.2) is 85.8 Å². The monoisotopic (exact) mass is 508 g/mol. The van der Waals surface area contributed by atoms with Crippen molar-refractivity contribution < 1.29 is 18.6 Å². The van der Waals surface area contributed by atoms with E-state index >= 15 is 0 Å². The highest BCUT2D eigenvalue weighted by Gasteiger charge is 2.27. The molecule has 10 nitrogen and oxygen atoms in total. The maximum absolute atomic E-state index is 6.18. The predicted octanol–water partition coefficient (Wildman–Crippen LogP) is 3.00. The number of hydrogen-bond acceptors (Lipinski definition) is 10. The molecule has 3 fully saturated rings. The van der Waals surface area contributed by atoms with Crippen LogP contribution in [0.5, 0.6) is 0 Å². The molecule has 10 heteroatoms. The molecule has 0 aliphatic carbocycles. The third kappa shape index (κ3) is 5.29. The van der Waals surface area contributed by atoms with Crippen LogP contribution < -0.4 is 15.1 Å². The van der Waals surface area contributed by atoms with Crippen molar-refractivity contribution in [1.29, 1.82) is 0 Å². The number of fused-ring (bicyclic) bond motifs is 1. The first-order chi connectivity index (χ1) is 18.2. The third-order valence-electron chi connectivity index (χ3n) is 7.49. The van der Waals surface area contributed by atoms with Crippen molar-refractivity contribution in [2.24, 2.45) is 0 Å². The Morgan fingerprint density at radius 2 is 1.59 bits per heavy atom. The molecule has 0 unspecified atom stereocenters. The average molecular weight is 509 g/mol. The number of rotatable bonds is 6. The van der Waals surface area contributed by atoms with Crippen molar-refractivity contribution in [3.8, 4) is 11.5 Å². The lowest BCUT2D eigenvalue weighted by atomic mass is 10.1. The van der Waals surface area contributed by atoms with E-state index in [0.717, 1.165) is 67.6 Å². The van der Waals surface area contributed by atoms with Crippen molar-refractivity contribution in [3.05, 3.63) is 30.0 Å². The summed E-state index contributed by atoms with van der Waals surface area (Å²) >= 11 is 0. The van der Waals surface area contributed by atoms with Gasteiger partial charge in [0.2, 0.25) is 5.95 Å². The summed E-state index contributed by atoms with van der Waals surface area (Å²) in [5.74, 6) is 3.25. The number of nitrogens with one attached hydrogen (secondary N) is 1. The maximum Gasteiger partial charge on any atom is 0.229 e. The molecular weight excluding hydrogens is 472 g/mol. The topological polar surface area (TPSA) is 98.0 Å². The lowest BCUT2D eigenvalue weighted by Crippen LogP contribution is -2.46. The summed E-state index contributed by atoms with van der Waals surface area (Å²) in [5.41, 5.74) is 1.44. The number of aromatic nitrogens is 3. The van der Waals surface area contributed by atoms with Crippen molar-refractivity contribution in [3.63, 3.8) is 0 Å². The van der Waals surface area contributed by atoms with E-state index in [9.17, 15) is 0 Å². The van der Waals surface area contributed by atoms with Crippen LogP contribution in [0.1, 0.15) is 32.4 Å². The molecule has 0 aromatic carbocycles. The van der Waals surface area contributed by atoms with Crippen LogP contribution in [-0.2, 0) is 20.8 Å². The standard InChI is InChI=1S/C27H36N6O4/c1-18-16-35-13-9-32(18)26-22-4-5-23(24-6-3-21(37-24)15-28-20-7-11-34-12-8-20)29-25(22)30-27(31-26)33-10-14-36-17-19(33)2/h3-6,18-20,28H,7-17H2,1-2H3/t18-,19-/m0/s1. The lowest BCUT2D eigenvalue weighted by molar-refractivity contribution is 0.0771. The highest BCUT2D eigenvalue weighted by Crippen LogP contribution is 2.31. The Balaban J connectivity index is 1.32. The van der Waals surface area contributed by atoms with Gasteiger partial charge >= 0.3 is 0 Å². The molecule has 0 saturated carbocycles. The van der Waals surface area contributed by atoms with Gasteiger partial charge in [0.15, 0.2) is 11.4 Å². The minimum Gasteiger partial charge on any atom is -0.458 e. The first-order valence-electron chi connectivity index (χ1n) is 13.4. The predicted molar refractivity (Wildman–Crippen MR) is 141 cm³/mol.